The molecule has 3 aromatic heterocycles. The number of aliphatic hydroxyl groups excluding tert-OH is 1. The second kappa shape index (κ2) is 10.7. The first-order chi connectivity index (χ1) is 20.1. The van der Waals surface area contributed by atoms with Gasteiger partial charge in [-0.2, -0.15) is 0 Å². The maximum atomic E-state index is 14.0. The number of hydrogen-bond donors (Lipinski definition) is 3. The third kappa shape index (κ3) is 4.77. The number of nitrogens with two attached hydrogens (primary N) is 1. The quantitative estimate of drug-likeness (QED) is 0.272. The Balaban J connectivity index is 1.24. The highest BCUT2D eigenvalue weighted by molar-refractivity contribution is 7.16. The number of nitrogens with one attached hydrogen (secondary N) is 1. The molecule has 1 amide bonds. The van der Waals surface area contributed by atoms with Gasteiger partial charge in [0, 0.05) is 53.8 Å². The normalized spacial score (nSPS) is 18.8. The Hall–Kier alpha value is -4.12. The summed E-state index contributed by atoms with van der Waals surface area (Å²) in [6, 6.07) is 17.2. The van der Waals surface area contributed by atoms with E-state index in [4.69, 9.17) is 15.7 Å². The summed E-state index contributed by atoms with van der Waals surface area (Å²) in [5.41, 5.74) is 11.1. The first-order valence-corrected chi connectivity index (χ1v) is 14.9. The van der Waals surface area contributed by atoms with E-state index in [0.29, 0.717) is 16.5 Å². The number of aromatic nitrogens is 4. The lowest BCUT2D eigenvalue weighted by molar-refractivity contribution is 0.0999. The fourth-order valence-electron chi connectivity index (χ4n) is 5.91. The van der Waals surface area contributed by atoms with Gasteiger partial charge in [-0.05, 0) is 49.9 Å². The van der Waals surface area contributed by atoms with Crippen LogP contribution in [-0.2, 0) is 13.0 Å². The summed E-state index contributed by atoms with van der Waals surface area (Å²) in [7, 11) is 0. The number of nitrogens with zero attached hydrogens (tertiary/aromatic N) is 5. The molecular formula is C31H31N7O2S. The van der Waals surface area contributed by atoms with Crippen LogP contribution in [0, 0.1) is 0 Å². The third-order valence-corrected chi connectivity index (χ3v) is 9.16. The van der Waals surface area contributed by atoms with Crippen LogP contribution in [0.2, 0.25) is 0 Å². The molecule has 1 aliphatic heterocycles. The highest BCUT2D eigenvalue weighted by Crippen LogP contribution is 2.38. The molecule has 4 heterocycles. The molecule has 9 nitrogen and oxygen atoms in total. The first kappa shape index (κ1) is 25.8. The summed E-state index contributed by atoms with van der Waals surface area (Å²) in [4.78, 5) is 31.2. The molecule has 0 atom stereocenters. The van der Waals surface area contributed by atoms with Crippen LogP contribution in [0.4, 0.5) is 16.6 Å². The Labute approximate surface area is 241 Å². The van der Waals surface area contributed by atoms with E-state index < -0.39 is 0 Å². The molecule has 1 saturated carbocycles. The van der Waals surface area contributed by atoms with Crippen LogP contribution in [-0.4, -0.2) is 43.0 Å². The second-order valence-corrected chi connectivity index (χ2v) is 11.8. The molecule has 1 aliphatic carbocycles. The van der Waals surface area contributed by atoms with Gasteiger partial charge in [0.1, 0.15) is 22.9 Å². The van der Waals surface area contributed by atoms with Crippen LogP contribution in [0.1, 0.15) is 58.4 Å². The van der Waals surface area contributed by atoms with Gasteiger partial charge in [-0.25, -0.2) is 15.0 Å². The first-order valence-electron chi connectivity index (χ1n) is 14.1. The van der Waals surface area contributed by atoms with Crippen LogP contribution in [0.5, 0.6) is 0 Å². The molecule has 208 valence electrons. The van der Waals surface area contributed by atoms with Gasteiger partial charge < -0.3 is 16.2 Å². The van der Waals surface area contributed by atoms with Crippen molar-refractivity contribution in [3.63, 3.8) is 0 Å². The maximum absolute atomic E-state index is 14.0. The number of thiazole rings is 1. The molecule has 0 unspecified atom stereocenters. The van der Waals surface area contributed by atoms with Gasteiger partial charge in [0.2, 0.25) is 0 Å². The highest BCUT2D eigenvalue weighted by atomic mass is 32.1. The van der Waals surface area contributed by atoms with Crippen molar-refractivity contribution >= 4 is 39.4 Å². The number of benzene rings is 2. The molecule has 0 saturated heterocycles. The molecule has 2 aromatic carbocycles. The predicted octanol–water partition coefficient (Wildman–Crippen LogP) is 5.08. The van der Waals surface area contributed by atoms with Crippen molar-refractivity contribution in [3.8, 4) is 11.3 Å². The second-order valence-electron chi connectivity index (χ2n) is 10.7. The maximum Gasteiger partial charge on any atom is 0.264 e. The molecule has 10 heteroatoms. The standard InChI is InChI=1S/C31H31N7O2S/c32-28-27-26(36-29(37(27)17-16-34-28)20-10-12-23(39)13-11-20)19-6-8-21(9-7-19)30(40)38(22-4-2-1-3-5-22)31-35-24-14-15-33-18-25(24)41-31/h1-9,16-17,20,23,33,39H,10-15,18H2,(H2,32,34). The highest BCUT2D eigenvalue weighted by Gasteiger charge is 2.28. The Bertz CT molecular complexity index is 1680. The van der Waals surface area contributed by atoms with Crippen LogP contribution in [0.25, 0.3) is 16.8 Å². The molecule has 2 aliphatic rings. The monoisotopic (exact) mass is 565 g/mol. The van der Waals surface area contributed by atoms with Crippen LogP contribution >= 0.6 is 11.3 Å². The Morgan fingerprint density at radius 1 is 1.05 bits per heavy atom. The number of rotatable bonds is 5. The number of amides is 1. The minimum Gasteiger partial charge on any atom is -0.393 e. The Morgan fingerprint density at radius 3 is 2.59 bits per heavy atom. The third-order valence-electron chi connectivity index (χ3n) is 8.08. The van der Waals surface area contributed by atoms with E-state index in [0.717, 1.165) is 79.2 Å². The minimum atomic E-state index is -0.240. The molecule has 5 aromatic rings. The van der Waals surface area contributed by atoms with Gasteiger partial charge in [0.25, 0.3) is 5.91 Å². The van der Waals surface area contributed by atoms with Gasteiger partial charge in [-0.15, -0.1) is 0 Å². The zero-order valence-electron chi connectivity index (χ0n) is 22.5. The van der Waals surface area contributed by atoms with Gasteiger partial charge in [-0.1, -0.05) is 41.7 Å². The molecule has 7 rings (SSSR count). The Morgan fingerprint density at radius 2 is 1.83 bits per heavy atom. The van der Waals surface area contributed by atoms with Crippen LogP contribution in [0.15, 0.2) is 67.0 Å². The summed E-state index contributed by atoms with van der Waals surface area (Å²) in [5.74, 6) is 1.45. The van der Waals surface area contributed by atoms with Crippen molar-refractivity contribution in [2.45, 2.75) is 50.7 Å². The van der Waals surface area contributed by atoms with E-state index in [9.17, 15) is 9.90 Å². The topological polar surface area (TPSA) is 122 Å². The van der Waals surface area contributed by atoms with Gasteiger partial charge >= 0.3 is 0 Å². The summed E-state index contributed by atoms with van der Waals surface area (Å²) in [6.07, 6.45) is 7.50. The number of carbonyl (C=O) groups is 1. The zero-order chi connectivity index (χ0) is 27.9. The predicted molar refractivity (Wildman–Crippen MR) is 160 cm³/mol. The number of nitrogen functional groups attached to an aromatic ring is 1. The summed E-state index contributed by atoms with van der Waals surface area (Å²) >= 11 is 1.56. The average molecular weight is 566 g/mol. The van der Waals surface area contributed by atoms with Crippen molar-refractivity contribution in [2.24, 2.45) is 0 Å². The largest absolute Gasteiger partial charge is 0.393 e. The van der Waals surface area contributed by atoms with E-state index in [1.165, 1.54) is 4.88 Å². The molecular weight excluding hydrogens is 534 g/mol. The van der Waals surface area contributed by atoms with E-state index in [1.54, 1.807) is 22.4 Å². The van der Waals surface area contributed by atoms with E-state index in [-0.39, 0.29) is 17.9 Å². The average Bonchev–Trinajstić information content (AvgIpc) is 3.61. The van der Waals surface area contributed by atoms with Crippen molar-refractivity contribution in [1.82, 2.24) is 24.7 Å². The molecule has 1 fully saturated rings. The molecule has 4 N–H and O–H groups in total. The SMILES string of the molecule is Nc1nccn2c(C3CCC(O)CC3)nc(-c3ccc(C(=O)N(c4ccccc4)c4nc5c(s4)CNCC5)cc3)c12. The lowest BCUT2D eigenvalue weighted by Gasteiger charge is -2.24. The van der Waals surface area contributed by atoms with E-state index >= 15 is 0 Å². The number of imidazole rings is 1. The van der Waals surface area contributed by atoms with Gasteiger partial charge in [0.05, 0.1) is 17.5 Å². The summed E-state index contributed by atoms with van der Waals surface area (Å²) in [6.45, 7) is 1.67. The number of para-hydroxylation sites is 1. The molecule has 0 bridgehead atoms. The smallest absolute Gasteiger partial charge is 0.264 e. The molecule has 0 radical (unpaired) electrons. The van der Waals surface area contributed by atoms with Gasteiger partial charge in [-0.3, -0.25) is 14.1 Å². The zero-order valence-corrected chi connectivity index (χ0v) is 23.3. The van der Waals surface area contributed by atoms with Gasteiger partial charge in [0.15, 0.2) is 5.13 Å². The summed E-state index contributed by atoms with van der Waals surface area (Å²) < 4.78 is 2.04. The number of fused-ring (bicyclic) bond motifs is 2. The number of hydrogen-bond acceptors (Lipinski definition) is 8. The Kier molecular flexibility index (Phi) is 6.74. The van der Waals surface area contributed by atoms with Crippen molar-refractivity contribution < 1.29 is 9.90 Å². The number of aliphatic hydroxyl groups is 1. The summed E-state index contributed by atoms with van der Waals surface area (Å²) in [5, 5.41) is 14.1. The number of anilines is 3. The fraction of sp³-hybridized carbons (Fsp3) is 0.290. The van der Waals surface area contributed by atoms with Crippen LogP contribution < -0.4 is 16.0 Å². The van der Waals surface area contributed by atoms with Crippen molar-refractivity contribution in [1.29, 1.82) is 0 Å². The lowest BCUT2D eigenvalue weighted by atomic mass is 9.87. The van der Waals surface area contributed by atoms with Crippen molar-refractivity contribution in [3.05, 3.63) is 88.9 Å². The van der Waals surface area contributed by atoms with E-state index in [2.05, 4.69) is 10.3 Å². The molecule has 0 spiro atoms. The lowest BCUT2D eigenvalue weighted by Crippen LogP contribution is -2.26. The van der Waals surface area contributed by atoms with E-state index in [1.807, 2.05) is 65.2 Å². The fourth-order valence-corrected chi connectivity index (χ4v) is 7.00. The molecule has 41 heavy (non-hydrogen) atoms. The number of carbonyl (C=O) groups excluding carboxylic acids is 1. The van der Waals surface area contributed by atoms with Crippen LogP contribution in [0.3, 0.4) is 0 Å². The minimum absolute atomic E-state index is 0.140. The van der Waals surface area contributed by atoms with Crippen molar-refractivity contribution in [2.75, 3.05) is 17.2 Å².